The molecule has 1 aromatic rings. The first kappa shape index (κ1) is 14.2. The third-order valence-electron chi connectivity index (χ3n) is 3.12. The molecule has 1 aliphatic heterocycles. The van der Waals surface area contributed by atoms with E-state index in [1.54, 1.807) is 7.11 Å². The van der Waals surface area contributed by atoms with Gasteiger partial charge in [-0.3, -0.25) is 4.90 Å². The molecule has 2 atom stereocenters. The predicted molar refractivity (Wildman–Crippen MR) is 82.5 cm³/mol. The highest BCUT2D eigenvalue weighted by atomic mass is 79.9. The van der Waals surface area contributed by atoms with E-state index in [1.807, 2.05) is 6.07 Å². The zero-order chi connectivity index (χ0) is 13.1. The van der Waals surface area contributed by atoms with Gasteiger partial charge in [-0.15, -0.1) is 0 Å². The van der Waals surface area contributed by atoms with Crippen molar-refractivity contribution in [3.63, 3.8) is 0 Å². The van der Waals surface area contributed by atoms with Crippen molar-refractivity contribution in [2.24, 2.45) is 0 Å². The van der Waals surface area contributed by atoms with Gasteiger partial charge in [0, 0.05) is 30.1 Å². The van der Waals surface area contributed by atoms with Crippen LogP contribution in [0.2, 0.25) is 0 Å². The fourth-order valence-electron chi connectivity index (χ4n) is 2.48. The van der Waals surface area contributed by atoms with Crippen molar-refractivity contribution < 1.29 is 4.74 Å². The van der Waals surface area contributed by atoms with Crippen molar-refractivity contribution >= 4 is 27.7 Å². The minimum Gasteiger partial charge on any atom is -0.496 e. The van der Waals surface area contributed by atoms with E-state index >= 15 is 0 Å². The number of rotatable bonds is 3. The van der Waals surface area contributed by atoms with Gasteiger partial charge in [-0.05, 0) is 33.6 Å². The van der Waals surface area contributed by atoms with Crippen LogP contribution in [0.1, 0.15) is 19.4 Å². The van der Waals surface area contributed by atoms with Crippen LogP contribution in [0.4, 0.5) is 0 Å². The molecule has 1 heterocycles. The van der Waals surface area contributed by atoms with E-state index < -0.39 is 0 Å². The van der Waals surface area contributed by atoms with E-state index in [1.165, 1.54) is 18.7 Å². The third kappa shape index (κ3) is 3.65. The summed E-state index contributed by atoms with van der Waals surface area (Å²) in [5.41, 5.74) is 1.34. The summed E-state index contributed by atoms with van der Waals surface area (Å²) >= 11 is 5.64. The van der Waals surface area contributed by atoms with Gasteiger partial charge in [-0.1, -0.05) is 19.9 Å². The number of hydrogen-bond donors (Lipinski definition) is 0. The first-order valence-electron chi connectivity index (χ1n) is 6.28. The summed E-state index contributed by atoms with van der Waals surface area (Å²) in [7, 11) is 1.70. The summed E-state index contributed by atoms with van der Waals surface area (Å²) in [6.07, 6.45) is 0. The molecule has 0 saturated carbocycles. The highest BCUT2D eigenvalue weighted by Crippen LogP contribution is 2.28. The molecule has 2 rings (SSSR count). The van der Waals surface area contributed by atoms with Gasteiger partial charge in [-0.2, -0.15) is 11.8 Å². The van der Waals surface area contributed by atoms with Crippen LogP contribution in [-0.2, 0) is 6.54 Å². The molecule has 1 fully saturated rings. The molecule has 1 saturated heterocycles. The summed E-state index contributed by atoms with van der Waals surface area (Å²) in [4.78, 5) is 2.54. The maximum absolute atomic E-state index is 5.26. The lowest BCUT2D eigenvalue weighted by Gasteiger charge is -2.34. The summed E-state index contributed by atoms with van der Waals surface area (Å²) in [6.45, 7) is 8.02. The number of benzene rings is 1. The summed E-state index contributed by atoms with van der Waals surface area (Å²) < 4.78 is 6.30. The molecule has 1 aromatic carbocycles. The molecule has 100 valence electrons. The monoisotopic (exact) mass is 329 g/mol. The van der Waals surface area contributed by atoms with Gasteiger partial charge in [-0.25, -0.2) is 0 Å². The summed E-state index contributed by atoms with van der Waals surface area (Å²) in [5.74, 6) is 0.898. The zero-order valence-electron chi connectivity index (χ0n) is 11.1. The normalized spacial score (nSPS) is 25.1. The average Bonchev–Trinajstić information content (AvgIpc) is 2.27. The molecule has 0 N–H and O–H groups in total. The Bertz CT molecular complexity index is 403. The largest absolute Gasteiger partial charge is 0.496 e. The van der Waals surface area contributed by atoms with Crippen molar-refractivity contribution in [2.75, 3.05) is 20.2 Å². The molecule has 0 aromatic heterocycles. The molecule has 4 heteroatoms. The molecule has 2 nitrogen and oxygen atoms in total. The Balaban J connectivity index is 2.02. The first-order chi connectivity index (χ1) is 8.58. The van der Waals surface area contributed by atoms with E-state index in [2.05, 4.69) is 58.6 Å². The first-order valence-corrected chi connectivity index (χ1v) is 8.02. The fourth-order valence-corrected chi connectivity index (χ4v) is 4.45. The molecule has 0 bridgehead atoms. The summed E-state index contributed by atoms with van der Waals surface area (Å²) in [6, 6.07) is 6.35. The maximum Gasteiger partial charge on any atom is 0.133 e. The van der Waals surface area contributed by atoms with Crippen LogP contribution in [0.25, 0.3) is 0 Å². The van der Waals surface area contributed by atoms with Crippen molar-refractivity contribution in [1.29, 1.82) is 0 Å². The quantitative estimate of drug-likeness (QED) is 0.837. The molecule has 0 amide bonds. The molecular formula is C14H20BrNOS. The Morgan fingerprint density at radius 1 is 1.33 bits per heavy atom. The van der Waals surface area contributed by atoms with Crippen molar-refractivity contribution in [2.45, 2.75) is 30.9 Å². The molecular weight excluding hydrogens is 310 g/mol. The van der Waals surface area contributed by atoms with E-state index in [0.29, 0.717) is 0 Å². The minimum atomic E-state index is 0.732. The van der Waals surface area contributed by atoms with Gasteiger partial charge in [0.2, 0.25) is 0 Å². The number of nitrogens with zero attached hydrogens (tertiary/aromatic N) is 1. The van der Waals surface area contributed by atoms with E-state index in [0.717, 1.165) is 27.3 Å². The van der Waals surface area contributed by atoms with E-state index in [-0.39, 0.29) is 0 Å². The predicted octanol–water partition coefficient (Wildman–Crippen LogP) is 3.78. The van der Waals surface area contributed by atoms with Crippen LogP contribution in [0.5, 0.6) is 5.75 Å². The zero-order valence-corrected chi connectivity index (χ0v) is 13.6. The van der Waals surface area contributed by atoms with Crippen LogP contribution < -0.4 is 4.74 Å². The third-order valence-corrected chi connectivity index (χ3v) is 4.96. The Kier molecular flexibility index (Phi) is 4.98. The van der Waals surface area contributed by atoms with E-state index in [9.17, 15) is 0 Å². The fraction of sp³-hybridized carbons (Fsp3) is 0.571. The van der Waals surface area contributed by atoms with Crippen LogP contribution in [0, 0.1) is 0 Å². The van der Waals surface area contributed by atoms with Gasteiger partial charge < -0.3 is 4.74 Å². The van der Waals surface area contributed by atoms with Gasteiger partial charge in [0.1, 0.15) is 5.75 Å². The topological polar surface area (TPSA) is 12.5 Å². The Hall–Kier alpha value is -0.190. The smallest absolute Gasteiger partial charge is 0.133 e. The molecule has 0 radical (unpaired) electrons. The highest BCUT2D eigenvalue weighted by Gasteiger charge is 2.22. The molecule has 0 aliphatic carbocycles. The van der Waals surface area contributed by atoms with Gasteiger partial charge in [0.25, 0.3) is 0 Å². The second-order valence-corrected chi connectivity index (χ2v) is 7.66. The maximum atomic E-state index is 5.26. The Morgan fingerprint density at radius 3 is 2.56 bits per heavy atom. The minimum absolute atomic E-state index is 0.732. The van der Waals surface area contributed by atoms with Gasteiger partial charge in [0.15, 0.2) is 0 Å². The number of hydrogen-bond acceptors (Lipinski definition) is 3. The SMILES string of the molecule is COc1ccc(CN2CC(C)SC(C)C2)cc1Br. The standard InChI is InChI=1S/C14H20BrNOS/c1-10-7-16(8-11(2)18-10)9-12-4-5-14(17-3)13(15)6-12/h4-6,10-11H,7-9H2,1-3H3. The second kappa shape index (κ2) is 6.31. The molecule has 18 heavy (non-hydrogen) atoms. The van der Waals surface area contributed by atoms with Crippen molar-refractivity contribution in [1.82, 2.24) is 4.90 Å². The molecule has 1 aliphatic rings. The van der Waals surface area contributed by atoms with Gasteiger partial charge in [0.05, 0.1) is 11.6 Å². The Labute approximate surface area is 122 Å². The lowest BCUT2D eigenvalue weighted by molar-refractivity contribution is 0.262. The number of ether oxygens (including phenoxy) is 1. The van der Waals surface area contributed by atoms with Gasteiger partial charge >= 0.3 is 0 Å². The average molecular weight is 330 g/mol. The lowest BCUT2D eigenvalue weighted by atomic mass is 10.2. The summed E-state index contributed by atoms with van der Waals surface area (Å²) in [5, 5.41) is 1.46. The van der Waals surface area contributed by atoms with Crippen LogP contribution in [-0.4, -0.2) is 35.6 Å². The van der Waals surface area contributed by atoms with Crippen LogP contribution in [0.3, 0.4) is 0 Å². The number of methoxy groups -OCH3 is 1. The Morgan fingerprint density at radius 2 is 2.00 bits per heavy atom. The van der Waals surface area contributed by atoms with Crippen molar-refractivity contribution in [3.05, 3.63) is 28.2 Å². The van der Waals surface area contributed by atoms with Crippen LogP contribution >= 0.6 is 27.7 Å². The molecule has 0 spiro atoms. The highest BCUT2D eigenvalue weighted by molar-refractivity contribution is 9.10. The van der Waals surface area contributed by atoms with Crippen molar-refractivity contribution in [3.8, 4) is 5.75 Å². The van der Waals surface area contributed by atoms with E-state index in [4.69, 9.17) is 4.74 Å². The lowest BCUT2D eigenvalue weighted by Crippen LogP contribution is -2.39. The van der Waals surface area contributed by atoms with Crippen LogP contribution in [0.15, 0.2) is 22.7 Å². The second-order valence-electron chi connectivity index (χ2n) is 4.92. The number of halogens is 1. The number of thioether (sulfide) groups is 1. The molecule has 2 unspecified atom stereocenters.